The van der Waals surface area contributed by atoms with E-state index in [-0.39, 0.29) is 17.2 Å². The van der Waals surface area contributed by atoms with E-state index in [1.165, 1.54) is 12.8 Å². The molecule has 5 heterocycles. The minimum atomic E-state index is -0.134. The summed E-state index contributed by atoms with van der Waals surface area (Å²) in [6.07, 6.45) is 4.35. The van der Waals surface area contributed by atoms with E-state index in [4.69, 9.17) is 20.2 Å². The van der Waals surface area contributed by atoms with Crippen LogP contribution in [0.5, 0.6) is 5.75 Å². The molecule has 0 bridgehead atoms. The number of methoxy groups -OCH3 is 1. The zero-order chi connectivity index (χ0) is 25.3. The molecule has 9 nitrogen and oxygen atoms in total. The number of aryl methyl sites for hydroxylation is 1. The van der Waals surface area contributed by atoms with E-state index in [9.17, 15) is 4.79 Å². The topological polar surface area (TPSA) is 100 Å². The Morgan fingerprint density at radius 2 is 2.16 bits per heavy atom. The van der Waals surface area contributed by atoms with Crippen LogP contribution >= 0.6 is 0 Å². The molecule has 0 radical (unpaired) electrons. The van der Waals surface area contributed by atoms with Crippen molar-refractivity contribution < 1.29 is 14.3 Å². The molecule has 1 amide bonds. The lowest BCUT2D eigenvalue weighted by atomic mass is 9.81. The summed E-state index contributed by atoms with van der Waals surface area (Å²) in [5.74, 6) is 2.44. The van der Waals surface area contributed by atoms with Crippen LogP contribution in [-0.4, -0.2) is 69.9 Å². The van der Waals surface area contributed by atoms with Crippen LogP contribution in [0.25, 0.3) is 33.6 Å². The molecule has 37 heavy (non-hydrogen) atoms. The SMILES string of the molecule is COc1cc(C(=O)N2CC3COCC3(CN)C2)cc2nc(-c3cc4cccnc4n3CC3CC3)n(C)c12. The van der Waals surface area contributed by atoms with Gasteiger partial charge in [0.1, 0.15) is 16.9 Å². The van der Waals surface area contributed by atoms with Crippen LogP contribution < -0.4 is 10.5 Å². The number of nitrogens with zero attached hydrogens (tertiary/aromatic N) is 5. The van der Waals surface area contributed by atoms with Gasteiger partial charge in [0, 0.05) is 61.7 Å². The van der Waals surface area contributed by atoms with E-state index in [1.807, 2.05) is 36.3 Å². The number of carbonyl (C=O) groups is 1. The van der Waals surface area contributed by atoms with Crippen LogP contribution in [0.15, 0.2) is 36.5 Å². The molecule has 2 atom stereocenters. The summed E-state index contributed by atoms with van der Waals surface area (Å²) in [6.45, 7) is 4.03. The number of pyridine rings is 1. The normalized spacial score (nSPS) is 23.3. The van der Waals surface area contributed by atoms with Crippen LogP contribution in [0.1, 0.15) is 23.2 Å². The number of amides is 1. The smallest absolute Gasteiger partial charge is 0.254 e. The fourth-order valence-corrected chi connectivity index (χ4v) is 6.29. The molecular formula is C28H32N6O3. The molecule has 1 aromatic carbocycles. The fourth-order valence-electron chi connectivity index (χ4n) is 6.29. The van der Waals surface area contributed by atoms with Gasteiger partial charge in [-0.15, -0.1) is 0 Å². The van der Waals surface area contributed by atoms with Crippen molar-refractivity contribution in [1.82, 2.24) is 24.0 Å². The lowest BCUT2D eigenvalue weighted by Crippen LogP contribution is -2.39. The van der Waals surface area contributed by atoms with Gasteiger partial charge in [0.05, 0.1) is 31.5 Å². The molecule has 3 fully saturated rings. The second-order valence-corrected chi connectivity index (χ2v) is 11.0. The van der Waals surface area contributed by atoms with Crippen molar-refractivity contribution in [2.75, 3.05) is 40.0 Å². The largest absolute Gasteiger partial charge is 0.494 e. The van der Waals surface area contributed by atoms with Gasteiger partial charge in [-0.05, 0) is 49.1 Å². The number of imidazole rings is 1. The summed E-state index contributed by atoms with van der Waals surface area (Å²) in [6, 6.07) is 9.98. The monoisotopic (exact) mass is 500 g/mol. The van der Waals surface area contributed by atoms with Crippen molar-refractivity contribution in [3.63, 3.8) is 0 Å². The highest BCUT2D eigenvalue weighted by Crippen LogP contribution is 2.42. The Kier molecular flexibility index (Phi) is 5.10. The maximum absolute atomic E-state index is 13.7. The molecule has 192 valence electrons. The zero-order valence-corrected chi connectivity index (χ0v) is 21.3. The van der Waals surface area contributed by atoms with Gasteiger partial charge in [-0.3, -0.25) is 4.79 Å². The van der Waals surface area contributed by atoms with Gasteiger partial charge < -0.3 is 29.2 Å². The van der Waals surface area contributed by atoms with Crippen molar-refractivity contribution in [3.8, 4) is 17.3 Å². The Morgan fingerprint density at radius 3 is 2.92 bits per heavy atom. The fraction of sp³-hybridized carbons (Fsp3) is 0.464. The van der Waals surface area contributed by atoms with Crippen LogP contribution in [0.2, 0.25) is 0 Å². The third kappa shape index (κ3) is 3.48. The first-order valence-corrected chi connectivity index (χ1v) is 13.1. The Balaban J connectivity index is 1.31. The average Bonchev–Trinajstić information content (AvgIpc) is 3.21. The average molecular weight is 501 g/mol. The maximum atomic E-state index is 13.7. The summed E-state index contributed by atoms with van der Waals surface area (Å²) in [5, 5.41) is 1.10. The van der Waals surface area contributed by atoms with Gasteiger partial charge in [-0.1, -0.05) is 0 Å². The van der Waals surface area contributed by atoms with E-state index in [1.54, 1.807) is 7.11 Å². The maximum Gasteiger partial charge on any atom is 0.254 e. The van der Waals surface area contributed by atoms with E-state index in [0.29, 0.717) is 50.1 Å². The quantitative estimate of drug-likeness (QED) is 0.437. The summed E-state index contributed by atoms with van der Waals surface area (Å²) in [7, 11) is 3.65. The van der Waals surface area contributed by atoms with Gasteiger partial charge in [0.2, 0.25) is 0 Å². The van der Waals surface area contributed by atoms with Crippen molar-refractivity contribution in [2.24, 2.45) is 30.0 Å². The van der Waals surface area contributed by atoms with Crippen LogP contribution in [0.4, 0.5) is 0 Å². The summed E-state index contributed by atoms with van der Waals surface area (Å²) >= 11 is 0. The van der Waals surface area contributed by atoms with Crippen LogP contribution in [0.3, 0.4) is 0 Å². The minimum absolute atomic E-state index is 0.0123. The van der Waals surface area contributed by atoms with E-state index >= 15 is 0 Å². The molecule has 2 saturated heterocycles. The number of fused-ring (bicyclic) bond motifs is 3. The highest BCUT2D eigenvalue weighted by atomic mass is 16.5. The number of nitrogens with two attached hydrogens (primary N) is 1. The number of carbonyl (C=O) groups excluding carboxylic acids is 1. The lowest BCUT2D eigenvalue weighted by Gasteiger charge is -2.25. The Hall–Kier alpha value is -3.43. The first-order valence-electron chi connectivity index (χ1n) is 13.1. The van der Waals surface area contributed by atoms with Crippen LogP contribution in [-0.2, 0) is 18.3 Å². The van der Waals surface area contributed by atoms with E-state index in [0.717, 1.165) is 40.1 Å². The lowest BCUT2D eigenvalue weighted by molar-refractivity contribution is 0.0723. The first kappa shape index (κ1) is 22.7. The molecule has 2 aliphatic heterocycles. The third-order valence-electron chi connectivity index (χ3n) is 8.64. The minimum Gasteiger partial charge on any atom is -0.494 e. The zero-order valence-electron chi connectivity index (χ0n) is 21.3. The molecule has 3 aliphatic rings. The predicted octanol–water partition coefficient (Wildman–Crippen LogP) is 3.06. The Bertz CT molecular complexity index is 1540. The number of benzene rings is 1. The number of hydrogen-bond acceptors (Lipinski definition) is 6. The first-order chi connectivity index (χ1) is 18.0. The molecule has 0 spiro atoms. The van der Waals surface area contributed by atoms with Crippen molar-refractivity contribution in [3.05, 3.63) is 42.1 Å². The second kappa shape index (κ2) is 8.29. The van der Waals surface area contributed by atoms with Gasteiger partial charge in [0.15, 0.2) is 5.82 Å². The van der Waals surface area contributed by atoms with Gasteiger partial charge in [-0.25, -0.2) is 9.97 Å². The van der Waals surface area contributed by atoms with Crippen molar-refractivity contribution in [2.45, 2.75) is 19.4 Å². The molecule has 2 unspecified atom stereocenters. The molecule has 7 rings (SSSR count). The number of rotatable bonds is 6. The van der Waals surface area contributed by atoms with E-state index < -0.39 is 0 Å². The third-order valence-corrected chi connectivity index (χ3v) is 8.64. The van der Waals surface area contributed by atoms with Crippen LogP contribution in [0, 0.1) is 17.3 Å². The predicted molar refractivity (Wildman–Crippen MR) is 140 cm³/mol. The number of ether oxygens (including phenoxy) is 2. The second-order valence-electron chi connectivity index (χ2n) is 11.0. The van der Waals surface area contributed by atoms with Crippen molar-refractivity contribution in [1.29, 1.82) is 0 Å². The molecule has 9 heteroatoms. The molecule has 4 aromatic rings. The Labute approximate surface area is 215 Å². The van der Waals surface area contributed by atoms with Crippen molar-refractivity contribution >= 4 is 28.0 Å². The summed E-state index contributed by atoms with van der Waals surface area (Å²) in [5.41, 5.74) is 10.2. The highest BCUT2D eigenvalue weighted by Gasteiger charge is 2.51. The van der Waals surface area contributed by atoms with Gasteiger partial charge >= 0.3 is 0 Å². The number of likely N-dealkylation sites (tertiary alicyclic amines) is 1. The number of hydrogen-bond donors (Lipinski definition) is 1. The Morgan fingerprint density at radius 1 is 1.30 bits per heavy atom. The summed E-state index contributed by atoms with van der Waals surface area (Å²) in [4.78, 5) is 25.3. The molecular weight excluding hydrogens is 468 g/mol. The summed E-state index contributed by atoms with van der Waals surface area (Å²) < 4.78 is 15.9. The molecule has 2 N–H and O–H groups in total. The standard InChI is InChI=1S/C28H32N6O3/c1-32-24-21(31-26(32)22-9-18-4-3-7-30-25(18)34(22)11-17-5-6-17)8-19(10-23(24)36-2)27(35)33-12-20-13-37-16-28(20,14-29)15-33/h3-4,7-10,17,20H,5-6,11-16,29H2,1-2H3. The van der Waals surface area contributed by atoms with Gasteiger partial charge in [-0.2, -0.15) is 0 Å². The van der Waals surface area contributed by atoms with E-state index in [2.05, 4.69) is 26.3 Å². The number of aromatic nitrogens is 4. The molecule has 1 saturated carbocycles. The molecule has 3 aromatic heterocycles. The van der Waals surface area contributed by atoms with Gasteiger partial charge in [0.25, 0.3) is 5.91 Å². The molecule has 1 aliphatic carbocycles. The highest BCUT2D eigenvalue weighted by molar-refractivity contribution is 6.00.